The number of amides is 2. The normalized spacial score (nSPS) is 12.6. The van der Waals surface area contributed by atoms with Crippen molar-refractivity contribution in [1.82, 2.24) is 5.32 Å². The summed E-state index contributed by atoms with van der Waals surface area (Å²) in [7, 11) is 0. The Bertz CT molecular complexity index is 1070. The Morgan fingerprint density at radius 2 is 1.77 bits per heavy atom. The highest BCUT2D eigenvalue weighted by molar-refractivity contribution is 6.25. The summed E-state index contributed by atoms with van der Waals surface area (Å²) < 4.78 is 5.63. The maximum absolute atomic E-state index is 12.8. The lowest BCUT2D eigenvalue weighted by Crippen LogP contribution is -2.29. The fourth-order valence-electron chi connectivity index (χ4n) is 3.85. The van der Waals surface area contributed by atoms with Crippen molar-refractivity contribution in [3.63, 3.8) is 0 Å². The van der Waals surface area contributed by atoms with Gasteiger partial charge in [-0.2, -0.15) is 0 Å². The molecule has 0 bridgehead atoms. The number of hydrogen-bond acceptors (Lipinski definition) is 3. The molecule has 30 heavy (non-hydrogen) atoms. The molecule has 0 aromatic heterocycles. The molecule has 4 rings (SSSR count). The molecule has 5 heteroatoms. The van der Waals surface area contributed by atoms with E-state index < -0.39 is 0 Å². The van der Waals surface area contributed by atoms with Crippen LogP contribution in [0.25, 0.3) is 10.8 Å². The van der Waals surface area contributed by atoms with Crippen LogP contribution in [0.2, 0.25) is 0 Å². The Labute approximate surface area is 176 Å². The molecule has 0 aliphatic carbocycles. The maximum atomic E-state index is 12.8. The van der Waals surface area contributed by atoms with E-state index in [2.05, 4.69) is 5.32 Å². The monoisotopic (exact) mass is 402 g/mol. The van der Waals surface area contributed by atoms with E-state index in [0.29, 0.717) is 25.9 Å². The van der Waals surface area contributed by atoms with Crippen molar-refractivity contribution in [2.24, 2.45) is 0 Å². The Kier molecular flexibility index (Phi) is 5.70. The summed E-state index contributed by atoms with van der Waals surface area (Å²) in [4.78, 5) is 26.8. The zero-order valence-corrected chi connectivity index (χ0v) is 17.4. The molecule has 5 nitrogen and oxygen atoms in total. The van der Waals surface area contributed by atoms with Gasteiger partial charge in [-0.15, -0.1) is 0 Å². The van der Waals surface area contributed by atoms with Gasteiger partial charge < -0.3 is 15.0 Å². The van der Waals surface area contributed by atoms with Crippen LogP contribution in [0.4, 0.5) is 5.69 Å². The lowest BCUT2D eigenvalue weighted by molar-refractivity contribution is -0.121. The van der Waals surface area contributed by atoms with Gasteiger partial charge in [-0.1, -0.05) is 36.4 Å². The van der Waals surface area contributed by atoms with Crippen molar-refractivity contribution in [3.8, 4) is 5.75 Å². The van der Waals surface area contributed by atoms with Crippen LogP contribution >= 0.6 is 0 Å². The van der Waals surface area contributed by atoms with E-state index in [1.165, 1.54) is 0 Å². The van der Waals surface area contributed by atoms with E-state index in [0.717, 1.165) is 33.3 Å². The molecule has 2 amide bonds. The van der Waals surface area contributed by atoms with Crippen LogP contribution in [-0.4, -0.2) is 24.5 Å². The first kappa shape index (κ1) is 20.0. The summed E-state index contributed by atoms with van der Waals surface area (Å²) in [6, 6.07) is 19.5. The third-order valence-electron chi connectivity index (χ3n) is 5.22. The number of benzene rings is 3. The quantitative estimate of drug-likeness (QED) is 0.595. The van der Waals surface area contributed by atoms with Crippen LogP contribution < -0.4 is 15.0 Å². The van der Waals surface area contributed by atoms with Crippen molar-refractivity contribution in [1.29, 1.82) is 0 Å². The minimum atomic E-state index is -0.0140. The highest BCUT2D eigenvalue weighted by atomic mass is 16.5. The van der Waals surface area contributed by atoms with Crippen molar-refractivity contribution in [2.45, 2.75) is 39.3 Å². The van der Waals surface area contributed by atoms with Crippen LogP contribution in [0, 0.1) is 0 Å². The van der Waals surface area contributed by atoms with Crippen molar-refractivity contribution in [2.75, 3.05) is 11.4 Å². The minimum Gasteiger partial charge on any atom is -0.491 e. The molecular weight excluding hydrogens is 376 g/mol. The van der Waals surface area contributed by atoms with Crippen LogP contribution in [0.15, 0.2) is 60.7 Å². The Morgan fingerprint density at radius 3 is 2.50 bits per heavy atom. The molecule has 3 aromatic rings. The molecule has 1 aliphatic heterocycles. The first-order chi connectivity index (χ1) is 14.5. The maximum Gasteiger partial charge on any atom is 0.258 e. The van der Waals surface area contributed by atoms with Gasteiger partial charge in [-0.05, 0) is 55.5 Å². The van der Waals surface area contributed by atoms with Crippen LogP contribution in [0.3, 0.4) is 0 Å². The van der Waals surface area contributed by atoms with Crippen LogP contribution in [-0.2, 0) is 11.3 Å². The molecule has 0 saturated heterocycles. The highest BCUT2D eigenvalue weighted by Crippen LogP contribution is 2.37. The number of carbonyl (C=O) groups excluding carboxylic acids is 2. The summed E-state index contributed by atoms with van der Waals surface area (Å²) in [6.07, 6.45) is 1.13. The predicted molar refractivity (Wildman–Crippen MR) is 119 cm³/mol. The molecule has 1 N–H and O–H groups in total. The van der Waals surface area contributed by atoms with Gasteiger partial charge in [-0.3, -0.25) is 9.59 Å². The second-order valence-corrected chi connectivity index (χ2v) is 7.83. The van der Waals surface area contributed by atoms with Gasteiger partial charge in [0.15, 0.2) is 0 Å². The van der Waals surface area contributed by atoms with Crippen LogP contribution in [0.1, 0.15) is 42.6 Å². The van der Waals surface area contributed by atoms with Crippen molar-refractivity contribution >= 4 is 28.3 Å². The summed E-state index contributed by atoms with van der Waals surface area (Å²) in [5.74, 6) is 0.831. The second kappa shape index (κ2) is 8.57. The van der Waals surface area contributed by atoms with Crippen molar-refractivity contribution in [3.05, 3.63) is 71.8 Å². The van der Waals surface area contributed by atoms with Gasteiger partial charge in [0.1, 0.15) is 5.75 Å². The molecule has 0 spiro atoms. The number of rotatable bonds is 8. The van der Waals surface area contributed by atoms with E-state index in [-0.39, 0.29) is 17.9 Å². The van der Waals surface area contributed by atoms with Gasteiger partial charge >= 0.3 is 0 Å². The summed E-state index contributed by atoms with van der Waals surface area (Å²) in [5, 5.41) is 5.04. The predicted octanol–water partition coefficient (Wildman–Crippen LogP) is 4.68. The number of carbonyl (C=O) groups is 2. The van der Waals surface area contributed by atoms with Gasteiger partial charge in [-0.25, -0.2) is 0 Å². The SMILES string of the molecule is CC(C)Oc1ccc(CNC(=O)CCCN2C(=O)c3cccc4cccc2c34)cc1. The average molecular weight is 402 g/mol. The van der Waals surface area contributed by atoms with Crippen LogP contribution in [0.5, 0.6) is 5.75 Å². The number of anilines is 1. The standard InChI is InChI=1S/C25H26N2O3/c1-17(2)30-20-13-11-18(12-14-20)16-26-23(28)10-5-15-27-22-9-4-7-19-6-3-8-21(24(19)22)25(27)29/h3-4,6-9,11-14,17H,5,10,15-16H2,1-2H3,(H,26,28). The molecule has 1 aliphatic rings. The average Bonchev–Trinajstić information content (AvgIpc) is 3.01. The molecule has 0 radical (unpaired) electrons. The molecule has 0 saturated carbocycles. The van der Waals surface area contributed by atoms with E-state index in [4.69, 9.17) is 4.74 Å². The highest BCUT2D eigenvalue weighted by Gasteiger charge is 2.28. The Hall–Kier alpha value is -3.34. The number of nitrogens with zero attached hydrogens (tertiary/aromatic N) is 1. The second-order valence-electron chi connectivity index (χ2n) is 7.83. The first-order valence-corrected chi connectivity index (χ1v) is 10.4. The molecule has 0 unspecified atom stereocenters. The Balaban J connectivity index is 1.27. The summed E-state index contributed by atoms with van der Waals surface area (Å²) >= 11 is 0. The largest absolute Gasteiger partial charge is 0.491 e. The number of hydrogen-bond donors (Lipinski definition) is 1. The molecular formula is C25H26N2O3. The van der Waals surface area contributed by atoms with Gasteiger partial charge in [0.05, 0.1) is 11.8 Å². The fraction of sp³-hybridized carbons (Fsp3) is 0.280. The summed E-state index contributed by atoms with van der Waals surface area (Å²) in [6.45, 7) is 4.99. The number of nitrogens with one attached hydrogen (secondary N) is 1. The zero-order chi connectivity index (χ0) is 21.1. The smallest absolute Gasteiger partial charge is 0.258 e. The third-order valence-corrected chi connectivity index (χ3v) is 5.22. The molecule has 3 aromatic carbocycles. The minimum absolute atomic E-state index is 0.0140. The van der Waals surface area contributed by atoms with Gasteiger partial charge in [0.2, 0.25) is 5.91 Å². The Morgan fingerprint density at radius 1 is 1.03 bits per heavy atom. The molecule has 0 atom stereocenters. The first-order valence-electron chi connectivity index (χ1n) is 10.4. The topological polar surface area (TPSA) is 58.6 Å². The lowest BCUT2D eigenvalue weighted by atomic mass is 10.1. The van der Waals surface area contributed by atoms with Gasteiger partial charge in [0, 0.05) is 30.5 Å². The zero-order valence-electron chi connectivity index (χ0n) is 17.4. The summed E-state index contributed by atoms with van der Waals surface area (Å²) in [5.41, 5.74) is 2.71. The van der Waals surface area contributed by atoms with E-state index in [9.17, 15) is 9.59 Å². The molecule has 1 heterocycles. The molecule has 0 fully saturated rings. The lowest BCUT2D eigenvalue weighted by Gasteiger charge is -2.17. The van der Waals surface area contributed by atoms with Gasteiger partial charge in [0.25, 0.3) is 5.91 Å². The fourth-order valence-corrected chi connectivity index (χ4v) is 3.85. The number of ether oxygens (including phenoxy) is 1. The van der Waals surface area contributed by atoms with E-state index in [1.807, 2.05) is 74.5 Å². The molecule has 154 valence electrons. The van der Waals surface area contributed by atoms with Crippen molar-refractivity contribution < 1.29 is 14.3 Å². The van der Waals surface area contributed by atoms with E-state index >= 15 is 0 Å². The third kappa shape index (κ3) is 4.15. The van der Waals surface area contributed by atoms with E-state index in [1.54, 1.807) is 4.90 Å².